The Morgan fingerprint density at radius 1 is 1.26 bits per heavy atom. The average molecular weight is 331 g/mol. The molecule has 0 spiro atoms. The van der Waals surface area contributed by atoms with E-state index in [2.05, 4.69) is 17.1 Å². The summed E-state index contributed by atoms with van der Waals surface area (Å²) in [6, 6.07) is 6.42. The number of anilines is 1. The SMILES string of the molecule is C[C@@H](c1ccc(NC(=O)NCC(F)(F)F)cc1)N1CCOCC1. The minimum Gasteiger partial charge on any atom is -0.379 e. The van der Waals surface area contributed by atoms with E-state index in [9.17, 15) is 18.0 Å². The van der Waals surface area contributed by atoms with Crippen LogP contribution in [0.15, 0.2) is 24.3 Å². The summed E-state index contributed by atoms with van der Waals surface area (Å²) in [5.41, 5.74) is 1.52. The molecule has 23 heavy (non-hydrogen) atoms. The Balaban J connectivity index is 1.87. The van der Waals surface area contributed by atoms with Crippen LogP contribution in [0.1, 0.15) is 18.5 Å². The van der Waals surface area contributed by atoms with E-state index >= 15 is 0 Å². The van der Waals surface area contributed by atoms with E-state index < -0.39 is 18.8 Å². The predicted octanol–water partition coefficient (Wildman–Crippen LogP) is 2.76. The Bertz CT molecular complexity index is 514. The molecule has 0 aromatic heterocycles. The van der Waals surface area contributed by atoms with Gasteiger partial charge in [-0.2, -0.15) is 13.2 Å². The number of nitrogens with zero attached hydrogens (tertiary/aromatic N) is 1. The largest absolute Gasteiger partial charge is 0.405 e. The van der Waals surface area contributed by atoms with Gasteiger partial charge in [-0.3, -0.25) is 4.90 Å². The molecule has 0 radical (unpaired) electrons. The van der Waals surface area contributed by atoms with Gasteiger partial charge in [0.2, 0.25) is 0 Å². The van der Waals surface area contributed by atoms with Crippen LogP contribution in [-0.2, 0) is 4.74 Å². The first-order valence-electron chi connectivity index (χ1n) is 7.38. The highest BCUT2D eigenvalue weighted by Gasteiger charge is 2.27. The second kappa shape index (κ2) is 7.65. The maximum absolute atomic E-state index is 12.0. The molecule has 0 bridgehead atoms. The fraction of sp³-hybridized carbons (Fsp3) is 0.533. The first-order valence-corrected chi connectivity index (χ1v) is 7.38. The van der Waals surface area contributed by atoms with Gasteiger partial charge in [0.15, 0.2) is 0 Å². The van der Waals surface area contributed by atoms with E-state index in [1.165, 1.54) is 0 Å². The highest BCUT2D eigenvalue weighted by Crippen LogP contribution is 2.22. The van der Waals surface area contributed by atoms with Crippen molar-refractivity contribution in [2.24, 2.45) is 0 Å². The molecule has 0 saturated carbocycles. The molecule has 0 aliphatic carbocycles. The van der Waals surface area contributed by atoms with Crippen molar-refractivity contribution in [2.45, 2.75) is 19.1 Å². The van der Waals surface area contributed by atoms with Crippen molar-refractivity contribution >= 4 is 11.7 Å². The summed E-state index contributed by atoms with van der Waals surface area (Å²) >= 11 is 0. The summed E-state index contributed by atoms with van der Waals surface area (Å²) in [4.78, 5) is 13.7. The number of halogens is 3. The molecule has 1 aliphatic heterocycles. The highest BCUT2D eigenvalue weighted by atomic mass is 19.4. The van der Waals surface area contributed by atoms with Crippen LogP contribution in [0.4, 0.5) is 23.7 Å². The average Bonchev–Trinajstić information content (AvgIpc) is 2.53. The van der Waals surface area contributed by atoms with Crippen molar-refractivity contribution in [3.8, 4) is 0 Å². The van der Waals surface area contributed by atoms with Gasteiger partial charge in [0.05, 0.1) is 13.2 Å². The lowest BCUT2D eigenvalue weighted by atomic mass is 10.1. The zero-order valence-corrected chi connectivity index (χ0v) is 12.8. The number of alkyl halides is 3. The first-order chi connectivity index (χ1) is 10.8. The van der Waals surface area contributed by atoms with Crippen LogP contribution in [0, 0.1) is 0 Å². The van der Waals surface area contributed by atoms with E-state index in [0.717, 1.165) is 18.7 Å². The third kappa shape index (κ3) is 5.72. The van der Waals surface area contributed by atoms with Crippen LogP contribution in [0.5, 0.6) is 0 Å². The Morgan fingerprint density at radius 2 is 1.87 bits per heavy atom. The summed E-state index contributed by atoms with van der Waals surface area (Å²) in [5, 5.41) is 4.14. The fourth-order valence-electron chi connectivity index (χ4n) is 2.38. The predicted molar refractivity (Wildman–Crippen MR) is 80.3 cm³/mol. The molecule has 128 valence electrons. The highest BCUT2D eigenvalue weighted by molar-refractivity contribution is 5.89. The Hall–Kier alpha value is -1.80. The number of hydrogen-bond donors (Lipinski definition) is 2. The molecule has 2 rings (SSSR count). The van der Waals surface area contributed by atoms with E-state index in [-0.39, 0.29) is 6.04 Å². The molecule has 1 aliphatic rings. The van der Waals surface area contributed by atoms with Crippen molar-refractivity contribution in [3.63, 3.8) is 0 Å². The van der Waals surface area contributed by atoms with E-state index in [1.807, 2.05) is 12.1 Å². The second-order valence-electron chi connectivity index (χ2n) is 5.37. The third-order valence-corrected chi connectivity index (χ3v) is 3.69. The molecular weight excluding hydrogens is 311 g/mol. The molecule has 8 heteroatoms. The fourth-order valence-corrected chi connectivity index (χ4v) is 2.38. The monoisotopic (exact) mass is 331 g/mol. The third-order valence-electron chi connectivity index (χ3n) is 3.69. The van der Waals surface area contributed by atoms with Crippen molar-refractivity contribution in [3.05, 3.63) is 29.8 Å². The lowest BCUT2D eigenvalue weighted by molar-refractivity contribution is -0.122. The molecule has 1 fully saturated rings. The van der Waals surface area contributed by atoms with Gasteiger partial charge in [-0.05, 0) is 24.6 Å². The van der Waals surface area contributed by atoms with Gasteiger partial charge >= 0.3 is 12.2 Å². The quantitative estimate of drug-likeness (QED) is 0.892. The summed E-state index contributed by atoms with van der Waals surface area (Å²) < 4.78 is 41.4. The molecule has 2 amide bonds. The van der Waals surface area contributed by atoms with Crippen LogP contribution in [0.2, 0.25) is 0 Å². The summed E-state index contributed by atoms with van der Waals surface area (Å²) in [5.74, 6) is 0. The van der Waals surface area contributed by atoms with Crippen LogP contribution >= 0.6 is 0 Å². The Morgan fingerprint density at radius 3 is 2.43 bits per heavy atom. The number of carbonyl (C=O) groups excluding carboxylic acids is 1. The second-order valence-corrected chi connectivity index (χ2v) is 5.37. The van der Waals surface area contributed by atoms with Gasteiger partial charge in [0.1, 0.15) is 6.54 Å². The lowest BCUT2D eigenvalue weighted by Crippen LogP contribution is -2.38. The molecule has 1 aromatic carbocycles. The van der Waals surface area contributed by atoms with Crippen molar-refractivity contribution in [1.29, 1.82) is 0 Å². The molecule has 1 atom stereocenters. The van der Waals surface area contributed by atoms with Crippen LogP contribution in [-0.4, -0.2) is 50.0 Å². The minimum atomic E-state index is -4.42. The van der Waals surface area contributed by atoms with Gasteiger partial charge in [0, 0.05) is 24.8 Å². The Kier molecular flexibility index (Phi) is 5.84. The standard InChI is InChI=1S/C15H20F3N3O2/c1-11(21-6-8-23-9-7-21)12-2-4-13(5-3-12)20-14(22)19-10-15(16,17)18/h2-5,11H,6-10H2,1H3,(H2,19,20,22)/t11-/m0/s1. The molecule has 0 unspecified atom stereocenters. The molecule has 2 N–H and O–H groups in total. The van der Waals surface area contributed by atoms with E-state index in [0.29, 0.717) is 18.9 Å². The number of rotatable bonds is 4. The summed E-state index contributed by atoms with van der Waals surface area (Å²) in [6.07, 6.45) is -4.42. The maximum Gasteiger partial charge on any atom is 0.405 e. The van der Waals surface area contributed by atoms with Gasteiger partial charge in [0.25, 0.3) is 0 Å². The maximum atomic E-state index is 12.0. The van der Waals surface area contributed by atoms with Crippen molar-refractivity contribution in [1.82, 2.24) is 10.2 Å². The van der Waals surface area contributed by atoms with Gasteiger partial charge in [-0.25, -0.2) is 4.79 Å². The van der Waals surface area contributed by atoms with Crippen LogP contribution in [0.25, 0.3) is 0 Å². The van der Waals surface area contributed by atoms with Gasteiger partial charge in [-0.15, -0.1) is 0 Å². The number of ether oxygens (including phenoxy) is 1. The number of amides is 2. The zero-order chi connectivity index (χ0) is 16.9. The number of urea groups is 1. The molecule has 5 nitrogen and oxygen atoms in total. The first kappa shape index (κ1) is 17.6. The number of carbonyl (C=O) groups is 1. The summed E-state index contributed by atoms with van der Waals surface area (Å²) in [6.45, 7) is 3.88. The molecular formula is C15H20F3N3O2. The number of morpholine rings is 1. The normalized spacial score (nSPS) is 17.6. The van der Waals surface area contributed by atoms with E-state index in [1.54, 1.807) is 17.4 Å². The van der Waals surface area contributed by atoms with Crippen LogP contribution < -0.4 is 10.6 Å². The van der Waals surface area contributed by atoms with E-state index in [4.69, 9.17) is 4.74 Å². The number of hydrogen-bond acceptors (Lipinski definition) is 3. The molecule has 1 heterocycles. The number of benzene rings is 1. The molecule has 1 saturated heterocycles. The Labute approximate surface area is 132 Å². The summed E-state index contributed by atoms with van der Waals surface area (Å²) in [7, 11) is 0. The number of nitrogens with one attached hydrogen (secondary N) is 2. The zero-order valence-electron chi connectivity index (χ0n) is 12.8. The minimum absolute atomic E-state index is 0.215. The van der Waals surface area contributed by atoms with Gasteiger partial charge < -0.3 is 15.4 Å². The van der Waals surface area contributed by atoms with Crippen molar-refractivity contribution in [2.75, 3.05) is 38.2 Å². The topological polar surface area (TPSA) is 53.6 Å². The lowest BCUT2D eigenvalue weighted by Gasteiger charge is -2.32. The van der Waals surface area contributed by atoms with Crippen LogP contribution in [0.3, 0.4) is 0 Å². The smallest absolute Gasteiger partial charge is 0.379 e. The van der Waals surface area contributed by atoms with Crippen molar-refractivity contribution < 1.29 is 22.7 Å². The van der Waals surface area contributed by atoms with Gasteiger partial charge in [-0.1, -0.05) is 12.1 Å². The molecule has 1 aromatic rings.